The molecule has 6 heteroatoms. The van der Waals surface area contributed by atoms with E-state index in [9.17, 15) is 20.4 Å². The summed E-state index contributed by atoms with van der Waals surface area (Å²) in [5, 5.41) is 40.4. The highest BCUT2D eigenvalue weighted by molar-refractivity contribution is 4.94. The van der Waals surface area contributed by atoms with Crippen LogP contribution in [0.5, 0.6) is 0 Å². The summed E-state index contributed by atoms with van der Waals surface area (Å²) in [6.07, 6.45) is 10.5. The standard InChI is InChI=1S/C25H49O6/c1-3-5-6-9-12-15-20(16-13-10-7-8-11-14-18-30-17-4-2)25-24(29)23(28)22(27)21(19-26)31-25/h20-29H,2-19H2,1H3/t20-,21-,22+,23+,24-,25?/m1/s1. The van der Waals surface area contributed by atoms with Gasteiger partial charge in [0, 0.05) is 13.2 Å². The van der Waals surface area contributed by atoms with Crippen molar-refractivity contribution in [1.29, 1.82) is 0 Å². The first-order chi connectivity index (χ1) is 15.1. The molecule has 4 N–H and O–H groups in total. The first-order valence-electron chi connectivity index (χ1n) is 12.7. The van der Waals surface area contributed by atoms with Crippen LogP contribution in [-0.2, 0) is 9.47 Å². The van der Waals surface area contributed by atoms with Crippen molar-refractivity contribution in [1.82, 2.24) is 0 Å². The van der Waals surface area contributed by atoms with Crippen LogP contribution in [0.3, 0.4) is 0 Å². The van der Waals surface area contributed by atoms with Gasteiger partial charge in [-0.05, 0) is 31.6 Å². The molecule has 0 saturated carbocycles. The fourth-order valence-corrected chi connectivity index (χ4v) is 4.52. The van der Waals surface area contributed by atoms with Crippen molar-refractivity contribution >= 4 is 0 Å². The van der Waals surface area contributed by atoms with Gasteiger partial charge in [-0.1, -0.05) is 78.1 Å². The zero-order valence-electron chi connectivity index (χ0n) is 19.8. The first-order valence-corrected chi connectivity index (χ1v) is 12.7. The summed E-state index contributed by atoms with van der Waals surface area (Å²) in [4.78, 5) is 0. The Bertz CT molecular complexity index is 405. The van der Waals surface area contributed by atoms with Gasteiger partial charge in [-0.3, -0.25) is 0 Å². The van der Waals surface area contributed by atoms with E-state index in [1.54, 1.807) is 0 Å². The van der Waals surface area contributed by atoms with Gasteiger partial charge in [-0.2, -0.15) is 0 Å². The first kappa shape index (κ1) is 28.8. The molecule has 0 aromatic carbocycles. The predicted molar refractivity (Wildman–Crippen MR) is 124 cm³/mol. The molecular formula is C25H49O6. The summed E-state index contributed by atoms with van der Waals surface area (Å²) in [7, 11) is 0. The monoisotopic (exact) mass is 445 g/mol. The molecule has 1 aliphatic heterocycles. The SMILES string of the molecule is [CH2]CCOCCCCCCCC[C@@H](CCCCCCC)C1O[C@H](CO)[C@H](O)[C@H](O)[C@H]1O. The Kier molecular flexibility index (Phi) is 16.9. The molecule has 1 heterocycles. The second-order valence-corrected chi connectivity index (χ2v) is 9.13. The maximum Gasteiger partial charge on any atom is 0.111 e. The van der Waals surface area contributed by atoms with Gasteiger partial charge in [0.2, 0.25) is 0 Å². The van der Waals surface area contributed by atoms with Gasteiger partial charge >= 0.3 is 0 Å². The lowest BCUT2D eigenvalue weighted by Gasteiger charge is -2.43. The lowest BCUT2D eigenvalue weighted by atomic mass is 9.82. The molecule has 6 nitrogen and oxygen atoms in total. The van der Waals surface area contributed by atoms with Crippen molar-refractivity contribution in [2.24, 2.45) is 5.92 Å². The van der Waals surface area contributed by atoms with E-state index in [2.05, 4.69) is 13.8 Å². The maximum absolute atomic E-state index is 10.6. The molecule has 0 amide bonds. The average molecular weight is 446 g/mol. The Morgan fingerprint density at radius 3 is 1.94 bits per heavy atom. The van der Waals surface area contributed by atoms with Crippen LogP contribution in [0.15, 0.2) is 0 Å². The molecular weight excluding hydrogens is 396 g/mol. The summed E-state index contributed by atoms with van der Waals surface area (Å²) in [5.74, 6) is 0.129. The van der Waals surface area contributed by atoms with Crippen LogP contribution in [0.25, 0.3) is 0 Å². The highest BCUT2D eigenvalue weighted by atomic mass is 16.5. The van der Waals surface area contributed by atoms with E-state index in [4.69, 9.17) is 9.47 Å². The Hall–Kier alpha value is -0.240. The number of aliphatic hydroxyl groups excluding tert-OH is 4. The summed E-state index contributed by atoms with van der Waals surface area (Å²) >= 11 is 0. The van der Waals surface area contributed by atoms with E-state index in [1.165, 1.54) is 38.5 Å². The molecule has 1 saturated heterocycles. The number of ether oxygens (including phenoxy) is 2. The van der Waals surface area contributed by atoms with Gasteiger partial charge in [-0.25, -0.2) is 0 Å². The second-order valence-electron chi connectivity index (χ2n) is 9.13. The van der Waals surface area contributed by atoms with Gasteiger partial charge < -0.3 is 29.9 Å². The van der Waals surface area contributed by atoms with Crippen LogP contribution in [0, 0.1) is 12.8 Å². The fourth-order valence-electron chi connectivity index (χ4n) is 4.52. The summed E-state index contributed by atoms with van der Waals surface area (Å²) in [5.41, 5.74) is 0. The number of hydrogen-bond acceptors (Lipinski definition) is 6. The number of aliphatic hydroxyl groups is 4. The van der Waals surface area contributed by atoms with Crippen molar-refractivity contribution in [3.8, 4) is 0 Å². The van der Waals surface area contributed by atoms with Crippen molar-refractivity contribution in [2.75, 3.05) is 19.8 Å². The van der Waals surface area contributed by atoms with Crippen molar-refractivity contribution in [3.63, 3.8) is 0 Å². The third-order valence-electron chi connectivity index (χ3n) is 6.47. The molecule has 1 rings (SSSR count). The van der Waals surface area contributed by atoms with Crippen LogP contribution < -0.4 is 0 Å². The molecule has 1 aliphatic rings. The summed E-state index contributed by atoms with van der Waals surface area (Å²) in [6.45, 7) is 7.18. The van der Waals surface area contributed by atoms with Crippen LogP contribution in [0.1, 0.15) is 96.8 Å². The third-order valence-corrected chi connectivity index (χ3v) is 6.47. The van der Waals surface area contributed by atoms with Gasteiger partial charge in [0.05, 0.1) is 12.7 Å². The van der Waals surface area contributed by atoms with E-state index < -0.39 is 30.5 Å². The fraction of sp³-hybridized carbons (Fsp3) is 0.960. The van der Waals surface area contributed by atoms with Gasteiger partial charge in [0.25, 0.3) is 0 Å². The lowest BCUT2D eigenvalue weighted by molar-refractivity contribution is -0.242. The zero-order chi connectivity index (χ0) is 22.9. The lowest BCUT2D eigenvalue weighted by Crippen LogP contribution is -2.60. The second kappa shape index (κ2) is 18.2. The number of unbranched alkanes of at least 4 members (excludes halogenated alkanes) is 9. The minimum atomic E-state index is -1.27. The highest BCUT2D eigenvalue weighted by Crippen LogP contribution is 2.32. The van der Waals surface area contributed by atoms with E-state index in [0.717, 1.165) is 64.6 Å². The third kappa shape index (κ3) is 11.4. The molecule has 6 atom stereocenters. The normalized spacial score (nSPS) is 27.5. The molecule has 1 radical (unpaired) electrons. The molecule has 0 aromatic rings. The van der Waals surface area contributed by atoms with E-state index >= 15 is 0 Å². The Morgan fingerprint density at radius 2 is 1.35 bits per heavy atom. The molecule has 0 spiro atoms. The molecule has 0 bridgehead atoms. The van der Waals surface area contributed by atoms with Crippen molar-refractivity contribution in [3.05, 3.63) is 6.92 Å². The Labute approximate surface area is 190 Å². The average Bonchev–Trinajstić information content (AvgIpc) is 2.77. The van der Waals surface area contributed by atoms with E-state index in [-0.39, 0.29) is 12.5 Å². The largest absolute Gasteiger partial charge is 0.394 e. The van der Waals surface area contributed by atoms with Crippen LogP contribution in [0.2, 0.25) is 0 Å². The molecule has 1 fully saturated rings. The van der Waals surface area contributed by atoms with Crippen LogP contribution in [0.4, 0.5) is 0 Å². The minimum Gasteiger partial charge on any atom is -0.394 e. The van der Waals surface area contributed by atoms with E-state index in [0.29, 0.717) is 0 Å². The molecule has 0 aliphatic carbocycles. The van der Waals surface area contributed by atoms with Crippen LogP contribution >= 0.6 is 0 Å². The topological polar surface area (TPSA) is 99.4 Å². The van der Waals surface area contributed by atoms with E-state index in [1.807, 2.05) is 0 Å². The van der Waals surface area contributed by atoms with Gasteiger partial charge in [0.15, 0.2) is 0 Å². The van der Waals surface area contributed by atoms with Crippen LogP contribution in [-0.4, -0.2) is 70.8 Å². The van der Waals surface area contributed by atoms with Crippen molar-refractivity contribution < 1.29 is 29.9 Å². The van der Waals surface area contributed by atoms with Gasteiger partial charge in [0.1, 0.15) is 24.4 Å². The maximum atomic E-state index is 10.6. The molecule has 0 aromatic heterocycles. The molecule has 31 heavy (non-hydrogen) atoms. The smallest absolute Gasteiger partial charge is 0.111 e. The quantitative estimate of drug-likeness (QED) is 0.226. The number of rotatable bonds is 19. The number of hydrogen-bond donors (Lipinski definition) is 4. The summed E-state index contributed by atoms with van der Waals surface area (Å²) in [6, 6.07) is 0. The molecule has 1 unspecified atom stereocenters. The highest BCUT2D eigenvalue weighted by Gasteiger charge is 2.45. The Morgan fingerprint density at radius 1 is 0.774 bits per heavy atom. The van der Waals surface area contributed by atoms with Crippen molar-refractivity contribution in [2.45, 2.75) is 127 Å². The molecule has 185 valence electrons. The Balaban J connectivity index is 2.43. The summed E-state index contributed by atoms with van der Waals surface area (Å²) < 4.78 is 11.3. The predicted octanol–water partition coefficient (Wildman–Crippen LogP) is 3.78. The zero-order valence-corrected chi connectivity index (χ0v) is 19.8. The minimum absolute atomic E-state index is 0.129. The van der Waals surface area contributed by atoms with Gasteiger partial charge in [-0.15, -0.1) is 0 Å².